The Labute approximate surface area is 111 Å². The minimum Gasteiger partial charge on any atom is -0.289 e. The van der Waals surface area contributed by atoms with E-state index in [9.17, 15) is 4.79 Å². The van der Waals surface area contributed by atoms with E-state index < -0.39 is 0 Å². The smallest absolute Gasteiger partial charge is 0.195 e. The van der Waals surface area contributed by atoms with E-state index in [-0.39, 0.29) is 5.78 Å². The van der Waals surface area contributed by atoms with Gasteiger partial charge in [0.1, 0.15) is 0 Å². The molecule has 1 aromatic carbocycles. The number of carbonyl (C=O) groups is 1. The largest absolute Gasteiger partial charge is 0.289 e. The molecule has 0 bridgehead atoms. The molecular formula is C16H12N2O. The molecule has 0 unspecified atom stereocenters. The molecule has 0 atom stereocenters. The first-order valence-electron chi connectivity index (χ1n) is 6.07. The molecule has 2 heterocycles. The molecule has 3 heteroatoms. The molecule has 3 rings (SSSR count). The van der Waals surface area contributed by atoms with Crippen LogP contribution in [0.3, 0.4) is 0 Å². The van der Waals surface area contributed by atoms with Crippen molar-refractivity contribution in [1.29, 1.82) is 0 Å². The van der Waals surface area contributed by atoms with Gasteiger partial charge in [-0.2, -0.15) is 0 Å². The molecule has 0 aliphatic carbocycles. The number of nitrogens with zero attached hydrogens (tertiary/aromatic N) is 2. The summed E-state index contributed by atoms with van der Waals surface area (Å²) in [6.45, 7) is 1.87. The van der Waals surface area contributed by atoms with Gasteiger partial charge in [-0.1, -0.05) is 18.2 Å². The van der Waals surface area contributed by atoms with Gasteiger partial charge in [0.15, 0.2) is 5.78 Å². The minimum absolute atomic E-state index is 0.0187. The molecule has 0 N–H and O–H groups in total. The number of hydrogen-bond donors (Lipinski definition) is 0. The van der Waals surface area contributed by atoms with Crippen LogP contribution in [-0.4, -0.2) is 15.8 Å². The zero-order valence-corrected chi connectivity index (χ0v) is 10.5. The third-order valence-electron chi connectivity index (χ3n) is 3.04. The van der Waals surface area contributed by atoms with Crippen LogP contribution in [-0.2, 0) is 0 Å². The van der Waals surface area contributed by atoms with Gasteiger partial charge in [-0.25, -0.2) is 0 Å². The number of hydrogen-bond acceptors (Lipinski definition) is 3. The van der Waals surface area contributed by atoms with Crippen molar-refractivity contribution in [2.75, 3.05) is 0 Å². The van der Waals surface area contributed by atoms with Crippen molar-refractivity contribution in [3.05, 3.63) is 71.7 Å². The summed E-state index contributed by atoms with van der Waals surface area (Å²) < 4.78 is 0. The molecule has 19 heavy (non-hydrogen) atoms. The van der Waals surface area contributed by atoms with Crippen molar-refractivity contribution in [1.82, 2.24) is 9.97 Å². The van der Waals surface area contributed by atoms with Crippen LogP contribution in [0, 0.1) is 6.92 Å². The van der Waals surface area contributed by atoms with Crippen LogP contribution in [0.5, 0.6) is 0 Å². The molecule has 0 saturated carbocycles. The Morgan fingerprint density at radius 1 is 1.00 bits per heavy atom. The van der Waals surface area contributed by atoms with Crippen molar-refractivity contribution in [3.63, 3.8) is 0 Å². The Morgan fingerprint density at radius 3 is 2.68 bits per heavy atom. The third-order valence-corrected chi connectivity index (χ3v) is 3.04. The summed E-state index contributed by atoms with van der Waals surface area (Å²) in [5, 5.41) is 0.971. The molecule has 0 amide bonds. The van der Waals surface area contributed by atoms with Crippen LogP contribution in [0.15, 0.2) is 54.9 Å². The number of carbonyl (C=O) groups excluding carboxylic acids is 1. The van der Waals surface area contributed by atoms with Crippen LogP contribution in [0.1, 0.15) is 21.6 Å². The Hall–Kier alpha value is -2.55. The SMILES string of the molecule is Cc1cc(C(=O)c2cccc3cccnc23)ccn1. The molecule has 0 aliphatic rings. The first-order valence-corrected chi connectivity index (χ1v) is 6.07. The number of para-hydroxylation sites is 1. The topological polar surface area (TPSA) is 42.9 Å². The Balaban J connectivity index is 2.17. The number of pyridine rings is 2. The van der Waals surface area contributed by atoms with Gasteiger partial charge in [-0.3, -0.25) is 14.8 Å². The highest BCUT2D eigenvalue weighted by Crippen LogP contribution is 2.19. The maximum absolute atomic E-state index is 12.5. The maximum atomic E-state index is 12.5. The van der Waals surface area contributed by atoms with Crippen molar-refractivity contribution >= 4 is 16.7 Å². The number of fused-ring (bicyclic) bond motifs is 1. The van der Waals surface area contributed by atoms with Crippen LogP contribution in [0.2, 0.25) is 0 Å². The van der Waals surface area contributed by atoms with Crippen LogP contribution in [0.4, 0.5) is 0 Å². The second-order valence-electron chi connectivity index (χ2n) is 4.40. The van der Waals surface area contributed by atoms with Crippen molar-refractivity contribution in [2.24, 2.45) is 0 Å². The van der Waals surface area contributed by atoms with Gasteiger partial charge in [0.2, 0.25) is 0 Å². The van der Waals surface area contributed by atoms with Gasteiger partial charge in [-0.05, 0) is 31.2 Å². The average molecular weight is 248 g/mol. The molecule has 2 aromatic heterocycles. The Morgan fingerprint density at radius 2 is 1.84 bits per heavy atom. The van der Waals surface area contributed by atoms with Crippen molar-refractivity contribution in [3.8, 4) is 0 Å². The van der Waals surface area contributed by atoms with E-state index in [1.54, 1.807) is 24.5 Å². The first kappa shape index (κ1) is 11.5. The van der Waals surface area contributed by atoms with Crippen LogP contribution < -0.4 is 0 Å². The van der Waals surface area contributed by atoms with Gasteiger partial charge < -0.3 is 0 Å². The second-order valence-corrected chi connectivity index (χ2v) is 4.40. The summed E-state index contributed by atoms with van der Waals surface area (Å²) >= 11 is 0. The second kappa shape index (κ2) is 4.61. The van der Waals surface area contributed by atoms with Gasteiger partial charge in [0.25, 0.3) is 0 Å². The lowest BCUT2D eigenvalue weighted by Gasteiger charge is -2.05. The summed E-state index contributed by atoms with van der Waals surface area (Å²) in [5.74, 6) is -0.0187. The fourth-order valence-electron chi connectivity index (χ4n) is 2.13. The van der Waals surface area contributed by atoms with E-state index in [4.69, 9.17) is 0 Å². The highest BCUT2D eigenvalue weighted by atomic mass is 16.1. The Kier molecular flexibility index (Phi) is 2.80. The average Bonchev–Trinajstić information content (AvgIpc) is 2.46. The number of ketones is 1. The van der Waals surface area contributed by atoms with E-state index in [2.05, 4.69) is 9.97 Å². The Bertz CT molecular complexity index is 760. The molecule has 0 fully saturated rings. The summed E-state index contributed by atoms with van der Waals surface area (Å²) in [7, 11) is 0. The van der Waals surface area contributed by atoms with E-state index in [0.717, 1.165) is 16.6 Å². The summed E-state index contributed by atoms with van der Waals surface area (Å²) in [6, 6.07) is 13.0. The van der Waals surface area contributed by atoms with Crippen molar-refractivity contribution in [2.45, 2.75) is 6.92 Å². The predicted octanol–water partition coefficient (Wildman–Crippen LogP) is 3.17. The fourth-order valence-corrected chi connectivity index (χ4v) is 2.13. The van der Waals surface area contributed by atoms with Crippen LogP contribution in [0.25, 0.3) is 10.9 Å². The molecule has 3 aromatic rings. The minimum atomic E-state index is -0.0187. The molecular weight excluding hydrogens is 236 g/mol. The summed E-state index contributed by atoms with van der Waals surface area (Å²) in [4.78, 5) is 21.0. The lowest BCUT2D eigenvalue weighted by atomic mass is 10.0. The molecule has 92 valence electrons. The predicted molar refractivity (Wildman–Crippen MR) is 74.1 cm³/mol. The van der Waals surface area contributed by atoms with E-state index in [0.29, 0.717) is 11.1 Å². The first-order chi connectivity index (χ1) is 9.25. The third kappa shape index (κ3) is 2.10. The summed E-state index contributed by atoms with van der Waals surface area (Å²) in [6.07, 6.45) is 3.36. The maximum Gasteiger partial charge on any atom is 0.195 e. The number of aromatic nitrogens is 2. The zero-order chi connectivity index (χ0) is 13.2. The molecule has 0 saturated heterocycles. The van der Waals surface area contributed by atoms with Gasteiger partial charge in [-0.15, -0.1) is 0 Å². The highest BCUT2D eigenvalue weighted by molar-refractivity contribution is 6.15. The standard InChI is InChI=1S/C16H12N2O/c1-11-10-13(7-9-17-11)16(19)14-6-2-4-12-5-3-8-18-15(12)14/h2-10H,1H3. The summed E-state index contributed by atoms with van der Waals surface area (Å²) in [5.41, 5.74) is 2.85. The molecule has 0 spiro atoms. The number of benzene rings is 1. The number of aryl methyl sites for hydroxylation is 1. The molecule has 0 radical (unpaired) electrons. The fraction of sp³-hybridized carbons (Fsp3) is 0.0625. The molecule has 0 aliphatic heterocycles. The zero-order valence-electron chi connectivity index (χ0n) is 10.5. The van der Waals surface area contributed by atoms with Crippen LogP contribution >= 0.6 is 0 Å². The lowest BCUT2D eigenvalue weighted by Crippen LogP contribution is -2.03. The van der Waals surface area contributed by atoms with Gasteiger partial charge in [0, 0.05) is 34.6 Å². The van der Waals surface area contributed by atoms with E-state index >= 15 is 0 Å². The normalized spacial score (nSPS) is 10.6. The van der Waals surface area contributed by atoms with Gasteiger partial charge in [0.05, 0.1) is 5.52 Å². The molecule has 3 nitrogen and oxygen atoms in total. The quantitative estimate of drug-likeness (QED) is 0.654. The lowest BCUT2D eigenvalue weighted by molar-refractivity contribution is 0.104. The van der Waals surface area contributed by atoms with Crippen molar-refractivity contribution < 1.29 is 4.79 Å². The van der Waals surface area contributed by atoms with E-state index in [1.165, 1.54) is 0 Å². The monoisotopic (exact) mass is 248 g/mol. The highest BCUT2D eigenvalue weighted by Gasteiger charge is 2.13. The van der Waals surface area contributed by atoms with E-state index in [1.807, 2.05) is 37.3 Å². The number of rotatable bonds is 2. The van der Waals surface area contributed by atoms with Gasteiger partial charge >= 0.3 is 0 Å².